The highest BCUT2D eigenvalue weighted by Gasteiger charge is 2.22. The summed E-state index contributed by atoms with van der Waals surface area (Å²) >= 11 is 0. The van der Waals surface area contributed by atoms with E-state index in [-0.39, 0.29) is 0 Å². The molecule has 1 saturated carbocycles. The first-order valence-corrected chi connectivity index (χ1v) is 12.3. The Hall–Kier alpha value is -2.86. The molecule has 0 saturated heterocycles. The van der Waals surface area contributed by atoms with Crippen LogP contribution in [0.4, 0.5) is 17.5 Å². The van der Waals surface area contributed by atoms with E-state index in [4.69, 9.17) is 9.97 Å². The number of rotatable bonds is 9. The molecule has 3 aromatic rings. The largest absolute Gasteiger partial charge is 0.372 e. The lowest BCUT2D eigenvalue weighted by atomic mass is 9.91. The smallest absolute Gasteiger partial charge is 0.225 e. The molecule has 1 heterocycles. The first-order valence-electron chi connectivity index (χ1n) is 12.3. The molecule has 0 aliphatic heterocycles. The van der Waals surface area contributed by atoms with Gasteiger partial charge in [-0.2, -0.15) is 4.98 Å². The normalized spacial score (nSPS) is 18.3. The van der Waals surface area contributed by atoms with Gasteiger partial charge in [0, 0.05) is 56.9 Å². The monoisotopic (exact) mass is 446 g/mol. The summed E-state index contributed by atoms with van der Waals surface area (Å²) in [5, 5.41) is 8.47. The Labute approximate surface area is 198 Å². The molecular formula is C27H38N6. The summed E-state index contributed by atoms with van der Waals surface area (Å²) in [7, 11) is 4.07. The van der Waals surface area contributed by atoms with Crippen LogP contribution in [0.1, 0.15) is 45.1 Å². The highest BCUT2D eigenvalue weighted by molar-refractivity contribution is 5.90. The third kappa shape index (κ3) is 5.74. The summed E-state index contributed by atoms with van der Waals surface area (Å²) in [5.41, 5.74) is 3.65. The third-order valence-corrected chi connectivity index (χ3v) is 6.73. The van der Waals surface area contributed by atoms with E-state index in [1.807, 2.05) is 26.2 Å². The minimum atomic E-state index is 0.424. The fourth-order valence-electron chi connectivity index (χ4n) is 4.77. The maximum atomic E-state index is 4.81. The van der Waals surface area contributed by atoms with Crippen molar-refractivity contribution in [2.75, 3.05) is 42.3 Å². The number of anilines is 3. The molecule has 2 aromatic carbocycles. The predicted octanol–water partition coefficient (Wildman–Crippen LogP) is 5.05. The average molecular weight is 447 g/mol. The van der Waals surface area contributed by atoms with Gasteiger partial charge in [0.2, 0.25) is 5.95 Å². The van der Waals surface area contributed by atoms with Gasteiger partial charge in [-0.25, -0.2) is 4.98 Å². The van der Waals surface area contributed by atoms with Gasteiger partial charge in [0.15, 0.2) is 0 Å². The standard InChI is InChI=1S/C27H38N6/c1-5-33(6-2)23-17-11-20(12-18-23)19-28-21-13-15-22(16-14-21)29-27-30-25-10-8-7-9-24(25)26(31-27)32(3)4/h7-12,17-18,21-22,28H,5-6,13-16,19H2,1-4H3,(H,29,30,31). The number of fused-ring (bicyclic) bond motifs is 1. The van der Waals surface area contributed by atoms with E-state index in [1.165, 1.54) is 24.1 Å². The van der Waals surface area contributed by atoms with Crippen LogP contribution in [-0.4, -0.2) is 49.2 Å². The molecular weight excluding hydrogens is 408 g/mol. The molecule has 0 unspecified atom stereocenters. The highest BCUT2D eigenvalue weighted by atomic mass is 15.2. The first-order chi connectivity index (χ1) is 16.1. The van der Waals surface area contributed by atoms with Crippen LogP contribution in [0.15, 0.2) is 48.5 Å². The molecule has 4 rings (SSSR count). The predicted molar refractivity (Wildman–Crippen MR) is 140 cm³/mol. The van der Waals surface area contributed by atoms with Crippen LogP contribution in [0.2, 0.25) is 0 Å². The zero-order valence-electron chi connectivity index (χ0n) is 20.5. The minimum absolute atomic E-state index is 0.424. The summed E-state index contributed by atoms with van der Waals surface area (Å²) in [6.45, 7) is 7.44. The second-order valence-corrected chi connectivity index (χ2v) is 9.19. The lowest BCUT2D eigenvalue weighted by molar-refractivity contribution is 0.352. The van der Waals surface area contributed by atoms with E-state index in [1.54, 1.807) is 0 Å². The van der Waals surface area contributed by atoms with Gasteiger partial charge in [-0.1, -0.05) is 24.3 Å². The van der Waals surface area contributed by atoms with Crippen molar-refractivity contribution in [1.82, 2.24) is 15.3 Å². The highest BCUT2D eigenvalue weighted by Crippen LogP contribution is 2.26. The van der Waals surface area contributed by atoms with E-state index < -0.39 is 0 Å². The van der Waals surface area contributed by atoms with Crippen LogP contribution in [0, 0.1) is 0 Å². The molecule has 2 N–H and O–H groups in total. The molecule has 1 aliphatic rings. The molecule has 1 aromatic heterocycles. The molecule has 6 heteroatoms. The van der Waals surface area contributed by atoms with Gasteiger partial charge in [0.05, 0.1) is 5.52 Å². The Morgan fingerprint density at radius 3 is 2.18 bits per heavy atom. The Balaban J connectivity index is 1.29. The quantitative estimate of drug-likeness (QED) is 0.479. The summed E-state index contributed by atoms with van der Waals surface area (Å²) in [5.74, 6) is 1.70. The Bertz CT molecular complexity index is 1020. The van der Waals surface area contributed by atoms with Gasteiger partial charge >= 0.3 is 0 Å². The molecule has 0 bridgehead atoms. The second-order valence-electron chi connectivity index (χ2n) is 9.19. The minimum Gasteiger partial charge on any atom is -0.372 e. The topological polar surface area (TPSA) is 56.3 Å². The van der Waals surface area contributed by atoms with Gasteiger partial charge in [-0.3, -0.25) is 0 Å². The van der Waals surface area contributed by atoms with E-state index >= 15 is 0 Å². The van der Waals surface area contributed by atoms with Crippen molar-refractivity contribution < 1.29 is 0 Å². The number of nitrogens with one attached hydrogen (secondary N) is 2. The van der Waals surface area contributed by atoms with Crippen LogP contribution in [0.5, 0.6) is 0 Å². The SMILES string of the molecule is CCN(CC)c1ccc(CNC2CCC(Nc3nc(N(C)C)c4ccccc4n3)CC2)cc1. The molecule has 6 nitrogen and oxygen atoms in total. The number of aromatic nitrogens is 2. The van der Waals surface area contributed by atoms with Crippen molar-refractivity contribution in [1.29, 1.82) is 0 Å². The lowest BCUT2D eigenvalue weighted by Crippen LogP contribution is -2.37. The maximum Gasteiger partial charge on any atom is 0.225 e. The Morgan fingerprint density at radius 1 is 0.848 bits per heavy atom. The van der Waals surface area contributed by atoms with Gasteiger partial charge in [-0.15, -0.1) is 0 Å². The van der Waals surface area contributed by atoms with E-state index in [0.717, 1.165) is 55.1 Å². The van der Waals surface area contributed by atoms with Crippen LogP contribution in [-0.2, 0) is 6.54 Å². The van der Waals surface area contributed by atoms with Crippen LogP contribution >= 0.6 is 0 Å². The van der Waals surface area contributed by atoms with Crippen LogP contribution in [0.25, 0.3) is 10.9 Å². The molecule has 1 fully saturated rings. The number of benzene rings is 2. The summed E-state index contributed by atoms with van der Waals surface area (Å²) < 4.78 is 0. The van der Waals surface area contributed by atoms with Crippen molar-refractivity contribution in [3.63, 3.8) is 0 Å². The fraction of sp³-hybridized carbons (Fsp3) is 0.481. The van der Waals surface area contributed by atoms with Crippen molar-refractivity contribution in [3.8, 4) is 0 Å². The first kappa shape index (κ1) is 23.3. The van der Waals surface area contributed by atoms with Crippen molar-refractivity contribution in [3.05, 3.63) is 54.1 Å². The molecule has 176 valence electrons. The Morgan fingerprint density at radius 2 is 1.52 bits per heavy atom. The third-order valence-electron chi connectivity index (χ3n) is 6.73. The molecule has 33 heavy (non-hydrogen) atoms. The maximum absolute atomic E-state index is 4.81. The summed E-state index contributed by atoms with van der Waals surface area (Å²) in [6.07, 6.45) is 4.60. The van der Waals surface area contributed by atoms with E-state index in [2.05, 4.69) is 70.7 Å². The zero-order valence-corrected chi connectivity index (χ0v) is 20.5. The second kappa shape index (κ2) is 10.8. The molecule has 0 atom stereocenters. The van der Waals surface area contributed by atoms with Gasteiger partial charge in [0.1, 0.15) is 5.82 Å². The lowest BCUT2D eigenvalue weighted by Gasteiger charge is -2.30. The van der Waals surface area contributed by atoms with Crippen LogP contribution < -0.4 is 20.4 Å². The number of hydrogen-bond acceptors (Lipinski definition) is 6. The van der Waals surface area contributed by atoms with Gasteiger partial charge < -0.3 is 20.4 Å². The van der Waals surface area contributed by atoms with Crippen molar-refractivity contribution in [2.24, 2.45) is 0 Å². The number of nitrogens with zero attached hydrogens (tertiary/aromatic N) is 4. The molecule has 0 radical (unpaired) electrons. The number of hydrogen-bond donors (Lipinski definition) is 2. The van der Waals surface area contributed by atoms with E-state index in [9.17, 15) is 0 Å². The van der Waals surface area contributed by atoms with Gasteiger partial charge in [-0.05, 0) is 69.4 Å². The number of para-hydroxylation sites is 1. The summed E-state index contributed by atoms with van der Waals surface area (Å²) in [6, 6.07) is 18.2. The fourth-order valence-corrected chi connectivity index (χ4v) is 4.77. The zero-order chi connectivity index (χ0) is 23.2. The Kier molecular flexibility index (Phi) is 7.65. The van der Waals surface area contributed by atoms with E-state index in [0.29, 0.717) is 12.1 Å². The molecule has 1 aliphatic carbocycles. The molecule has 0 spiro atoms. The molecule has 0 amide bonds. The summed E-state index contributed by atoms with van der Waals surface area (Å²) in [4.78, 5) is 14.0. The van der Waals surface area contributed by atoms with Crippen LogP contribution in [0.3, 0.4) is 0 Å². The van der Waals surface area contributed by atoms with Crippen molar-refractivity contribution in [2.45, 2.75) is 58.2 Å². The average Bonchev–Trinajstić information content (AvgIpc) is 2.84. The van der Waals surface area contributed by atoms with Crippen molar-refractivity contribution >= 4 is 28.4 Å². The van der Waals surface area contributed by atoms with Gasteiger partial charge in [0.25, 0.3) is 0 Å².